The normalized spacial score (nSPS) is 10.4. The number of anilines is 2. The van der Waals surface area contributed by atoms with Crippen molar-refractivity contribution in [3.63, 3.8) is 0 Å². The Hall–Kier alpha value is -1.26. The first kappa shape index (κ1) is 11.2. The van der Waals surface area contributed by atoms with Gasteiger partial charge in [-0.05, 0) is 24.6 Å². The Bertz CT molecular complexity index is 496. The van der Waals surface area contributed by atoms with E-state index in [-0.39, 0.29) is 0 Å². The van der Waals surface area contributed by atoms with Crippen molar-refractivity contribution in [2.75, 3.05) is 11.1 Å². The molecule has 0 unspecified atom stereocenters. The lowest BCUT2D eigenvalue weighted by atomic mass is 10.2. The number of hydrogen-bond acceptors (Lipinski definition) is 4. The van der Waals surface area contributed by atoms with Crippen LogP contribution in [0.5, 0.6) is 0 Å². The molecule has 0 aromatic carbocycles. The highest BCUT2D eigenvalue weighted by molar-refractivity contribution is 7.16. The highest BCUT2D eigenvalue weighted by atomic mass is 35.5. The second kappa shape index (κ2) is 4.72. The van der Waals surface area contributed by atoms with Crippen molar-refractivity contribution in [2.45, 2.75) is 13.5 Å². The lowest BCUT2D eigenvalue weighted by Gasteiger charge is -2.06. The molecule has 2 aromatic heterocycles. The molecule has 2 heterocycles. The van der Waals surface area contributed by atoms with Crippen LogP contribution < -0.4 is 11.1 Å². The molecule has 0 spiro atoms. The Balaban J connectivity index is 2.02. The van der Waals surface area contributed by atoms with Crippen LogP contribution >= 0.6 is 22.9 Å². The summed E-state index contributed by atoms with van der Waals surface area (Å²) in [5, 5.41) is 3.20. The van der Waals surface area contributed by atoms with Gasteiger partial charge in [-0.3, -0.25) is 0 Å². The van der Waals surface area contributed by atoms with Crippen LogP contribution in [0.4, 0.5) is 11.5 Å². The van der Waals surface area contributed by atoms with E-state index >= 15 is 0 Å². The van der Waals surface area contributed by atoms with Crippen molar-refractivity contribution in [2.24, 2.45) is 0 Å². The predicted octanol–water partition coefficient (Wildman–Crippen LogP) is 3.30. The Morgan fingerprint density at radius 3 is 2.94 bits per heavy atom. The van der Waals surface area contributed by atoms with E-state index in [0.717, 1.165) is 21.4 Å². The molecule has 0 radical (unpaired) electrons. The van der Waals surface area contributed by atoms with E-state index in [9.17, 15) is 0 Å². The first-order valence-electron chi connectivity index (χ1n) is 4.85. The van der Waals surface area contributed by atoms with Crippen molar-refractivity contribution in [3.8, 4) is 0 Å². The minimum Gasteiger partial charge on any atom is -0.398 e. The number of rotatable bonds is 3. The zero-order chi connectivity index (χ0) is 11.5. The van der Waals surface area contributed by atoms with Crippen molar-refractivity contribution in [1.82, 2.24) is 4.98 Å². The van der Waals surface area contributed by atoms with Gasteiger partial charge in [0.15, 0.2) is 0 Å². The number of aromatic nitrogens is 1. The second-order valence-electron chi connectivity index (χ2n) is 3.49. The minimum absolute atomic E-state index is 0.715. The molecular weight excluding hydrogens is 242 g/mol. The number of thiophene rings is 1. The number of hydrogen-bond donors (Lipinski definition) is 2. The van der Waals surface area contributed by atoms with Gasteiger partial charge in [0.2, 0.25) is 0 Å². The first-order chi connectivity index (χ1) is 7.65. The molecule has 84 valence electrons. The molecule has 3 nitrogen and oxygen atoms in total. The molecule has 0 atom stereocenters. The third-order valence-corrected chi connectivity index (χ3v) is 3.45. The van der Waals surface area contributed by atoms with Crippen LogP contribution in [0.3, 0.4) is 0 Å². The fraction of sp³-hybridized carbons (Fsp3) is 0.182. The summed E-state index contributed by atoms with van der Waals surface area (Å²) in [6.45, 7) is 2.65. The molecule has 5 heteroatoms. The third-order valence-electron chi connectivity index (χ3n) is 2.22. The molecule has 3 N–H and O–H groups in total. The van der Waals surface area contributed by atoms with Gasteiger partial charge in [-0.1, -0.05) is 11.6 Å². The molecule has 0 aliphatic rings. The summed E-state index contributed by atoms with van der Waals surface area (Å²) in [4.78, 5) is 5.41. The fourth-order valence-electron chi connectivity index (χ4n) is 1.26. The number of halogens is 1. The quantitative estimate of drug-likeness (QED) is 0.883. The monoisotopic (exact) mass is 253 g/mol. The number of nitrogen functional groups attached to an aromatic ring is 1. The van der Waals surface area contributed by atoms with Gasteiger partial charge in [-0.15, -0.1) is 11.3 Å². The highest BCUT2D eigenvalue weighted by Crippen LogP contribution is 2.22. The van der Waals surface area contributed by atoms with Crippen LogP contribution in [-0.2, 0) is 6.54 Å². The third kappa shape index (κ3) is 2.65. The maximum absolute atomic E-state index is 5.84. The maximum Gasteiger partial charge on any atom is 0.128 e. The molecule has 0 bridgehead atoms. The van der Waals surface area contributed by atoms with E-state index < -0.39 is 0 Å². The topological polar surface area (TPSA) is 50.9 Å². The molecule has 0 aliphatic carbocycles. The summed E-state index contributed by atoms with van der Waals surface area (Å²) < 4.78 is 0.799. The molecule has 16 heavy (non-hydrogen) atoms. The zero-order valence-electron chi connectivity index (χ0n) is 8.83. The lowest BCUT2D eigenvalue weighted by molar-refractivity contribution is 1.13. The summed E-state index contributed by atoms with van der Waals surface area (Å²) in [6.07, 6.45) is 1.76. The van der Waals surface area contributed by atoms with Crippen molar-refractivity contribution < 1.29 is 0 Å². The highest BCUT2D eigenvalue weighted by Gasteiger charge is 2.00. The number of pyridine rings is 1. The number of nitrogens with zero attached hydrogens (tertiary/aromatic N) is 1. The van der Waals surface area contributed by atoms with E-state index in [2.05, 4.69) is 10.3 Å². The van der Waals surface area contributed by atoms with Gasteiger partial charge in [0.1, 0.15) is 5.82 Å². The summed E-state index contributed by atoms with van der Waals surface area (Å²) >= 11 is 7.40. The number of nitrogens with one attached hydrogen (secondary N) is 1. The second-order valence-corrected chi connectivity index (χ2v) is 5.29. The van der Waals surface area contributed by atoms with Gasteiger partial charge in [-0.2, -0.15) is 0 Å². The van der Waals surface area contributed by atoms with Gasteiger partial charge in [0, 0.05) is 22.8 Å². The number of aryl methyl sites for hydroxylation is 1. The molecule has 0 saturated carbocycles. The van der Waals surface area contributed by atoms with E-state index in [4.69, 9.17) is 17.3 Å². The van der Waals surface area contributed by atoms with E-state index in [1.54, 1.807) is 17.5 Å². The Morgan fingerprint density at radius 2 is 2.31 bits per heavy atom. The fourth-order valence-corrected chi connectivity index (χ4v) is 2.29. The van der Waals surface area contributed by atoms with Crippen LogP contribution in [0, 0.1) is 6.92 Å². The Kier molecular flexibility index (Phi) is 3.31. The average Bonchev–Trinajstić information content (AvgIpc) is 2.66. The lowest BCUT2D eigenvalue weighted by Crippen LogP contribution is -2.01. The smallest absolute Gasteiger partial charge is 0.128 e. The molecule has 0 aliphatic heterocycles. The van der Waals surface area contributed by atoms with Gasteiger partial charge >= 0.3 is 0 Å². The van der Waals surface area contributed by atoms with Gasteiger partial charge in [0.05, 0.1) is 10.9 Å². The van der Waals surface area contributed by atoms with Gasteiger partial charge < -0.3 is 11.1 Å². The number of nitrogens with two attached hydrogens (primary N) is 1. The largest absolute Gasteiger partial charge is 0.398 e. The minimum atomic E-state index is 0.715. The summed E-state index contributed by atoms with van der Waals surface area (Å²) in [6, 6.07) is 5.72. The molecule has 2 aromatic rings. The van der Waals surface area contributed by atoms with Crippen LogP contribution in [0.15, 0.2) is 24.4 Å². The first-order valence-corrected chi connectivity index (χ1v) is 6.05. The molecule has 2 rings (SSSR count). The Labute approximate surface area is 103 Å². The molecular formula is C11H12ClN3S. The SMILES string of the molecule is Cc1cnc(NCc2ccc(Cl)s2)cc1N. The summed E-state index contributed by atoms with van der Waals surface area (Å²) in [7, 11) is 0. The van der Waals surface area contributed by atoms with E-state index in [1.807, 2.05) is 25.1 Å². The summed E-state index contributed by atoms with van der Waals surface area (Å²) in [5.74, 6) is 0.785. The van der Waals surface area contributed by atoms with Gasteiger partial charge in [0.25, 0.3) is 0 Å². The maximum atomic E-state index is 5.84. The standard InChI is InChI=1S/C11H12ClN3S/c1-7-5-14-11(4-9(7)13)15-6-8-2-3-10(12)16-8/h2-5H,6H2,1H3,(H3,13,14,15). The molecule has 0 fully saturated rings. The van der Waals surface area contributed by atoms with Crippen LogP contribution in [0.25, 0.3) is 0 Å². The zero-order valence-corrected chi connectivity index (χ0v) is 10.4. The van der Waals surface area contributed by atoms with Crippen molar-refractivity contribution >= 4 is 34.4 Å². The van der Waals surface area contributed by atoms with Crippen LogP contribution in [0.1, 0.15) is 10.4 Å². The van der Waals surface area contributed by atoms with Crippen LogP contribution in [0.2, 0.25) is 4.34 Å². The molecule has 0 amide bonds. The van der Waals surface area contributed by atoms with Crippen molar-refractivity contribution in [1.29, 1.82) is 0 Å². The van der Waals surface area contributed by atoms with Gasteiger partial charge in [-0.25, -0.2) is 4.98 Å². The van der Waals surface area contributed by atoms with Crippen molar-refractivity contribution in [3.05, 3.63) is 39.2 Å². The predicted molar refractivity (Wildman–Crippen MR) is 70.0 cm³/mol. The Morgan fingerprint density at radius 1 is 1.50 bits per heavy atom. The van der Waals surface area contributed by atoms with E-state index in [0.29, 0.717) is 6.54 Å². The van der Waals surface area contributed by atoms with E-state index in [1.165, 1.54) is 4.88 Å². The van der Waals surface area contributed by atoms with Crippen LogP contribution in [-0.4, -0.2) is 4.98 Å². The average molecular weight is 254 g/mol. The molecule has 0 saturated heterocycles. The summed E-state index contributed by atoms with van der Waals surface area (Å²) in [5.41, 5.74) is 7.54.